The van der Waals surface area contributed by atoms with Crippen LogP contribution in [0, 0.1) is 6.92 Å². The summed E-state index contributed by atoms with van der Waals surface area (Å²) in [4.78, 5) is 49.9. The Balaban J connectivity index is 1.90. The van der Waals surface area contributed by atoms with Crippen LogP contribution in [-0.4, -0.2) is 42.6 Å². The first-order chi connectivity index (χ1) is 18.9. The molecular weight excluding hydrogens is 553 g/mol. The maximum Gasteiger partial charge on any atom is 0.491 e. The van der Waals surface area contributed by atoms with Crippen molar-refractivity contribution in [3.8, 4) is 0 Å². The Kier molecular flexibility index (Phi) is 10.1. The largest absolute Gasteiger partial charge is 0.491 e. The number of hydrogen-bond donors (Lipinski definition) is 4. The first kappa shape index (κ1) is 30.4. The number of amides is 3. The predicted octanol–water partition coefficient (Wildman–Crippen LogP) is 5.31. The summed E-state index contributed by atoms with van der Waals surface area (Å²) in [7, 11) is 0. The minimum absolute atomic E-state index is 0.0406. The second-order valence-electron chi connectivity index (χ2n) is 8.77. The number of urea groups is 1. The second-order valence-corrected chi connectivity index (χ2v) is 9.18. The molecule has 9 nitrogen and oxygen atoms in total. The number of benzene rings is 3. The molecule has 3 aromatic rings. The van der Waals surface area contributed by atoms with Gasteiger partial charge in [0.05, 0.1) is 22.0 Å². The van der Waals surface area contributed by atoms with Crippen LogP contribution in [0.4, 0.5) is 29.3 Å². The van der Waals surface area contributed by atoms with E-state index in [1.807, 2.05) is 0 Å². The Bertz CT molecular complexity index is 1410. The number of carbonyl (C=O) groups excluding carboxylic acids is 4. The van der Waals surface area contributed by atoms with Crippen LogP contribution in [0.15, 0.2) is 54.6 Å². The molecule has 1 atom stereocenters. The lowest BCUT2D eigenvalue weighted by Crippen LogP contribution is -2.44. The number of nitrogens with one attached hydrogen (secondary N) is 3. The third-order valence-electron chi connectivity index (χ3n) is 5.80. The molecule has 0 unspecified atom stereocenters. The van der Waals surface area contributed by atoms with E-state index in [0.29, 0.717) is 33.5 Å². The van der Waals surface area contributed by atoms with Crippen molar-refractivity contribution in [3.63, 3.8) is 0 Å². The highest BCUT2D eigenvalue weighted by atomic mass is 35.5. The molecule has 0 aliphatic heterocycles. The molecule has 212 valence electrons. The number of fused-ring (bicyclic) bond motifs is 1. The highest BCUT2D eigenvalue weighted by molar-refractivity contribution is 6.34. The summed E-state index contributed by atoms with van der Waals surface area (Å²) in [6, 6.07) is 12.6. The summed E-state index contributed by atoms with van der Waals surface area (Å²) in [6.07, 6.45) is -4.89. The van der Waals surface area contributed by atoms with E-state index in [2.05, 4.69) is 20.7 Å². The van der Waals surface area contributed by atoms with E-state index in [1.165, 1.54) is 12.1 Å². The number of halogens is 4. The van der Waals surface area contributed by atoms with E-state index in [9.17, 15) is 32.3 Å². The second kappa shape index (κ2) is 13.3. The summed E-state index contributed by atoms with van der Waals surface area (Å²) >= 11 is 6.19. The molecule has 0 saturated heterocycles. The molecule has 0 heterocycles. The van der Waals surface area contributed by atoms with E-state index in [0.717, 1.165) is 0 Å². The lowest BCUT2D eigenvalue weighted by atomic mass is 10.0. The van der Waals surface area contributed by atoms with Gasteiger partial charge in [-0.2, -0.15) is 13.2 Å². The Hall–Kier alpha value is -4.16. The molecule has 0 bridgehead atoms. The molecule has 0 aliphatic carbocycles. The number of unbranched alkanes of at least 4 members (excludes halogenated alkanes) is 1. The van der Waals surface area contributed by atoms with Crippen LogP contribution in [0.1, 0.15) is 35.2 Å². The van der Waals surface area contributed by atoms with E-state index >= 15 is 0 Å². The maximum absolute atomic E-state index is 13.3. The molecule has 5 N–H and O–H groups in total. The van der Waals surface area contributed by atoms with Gasteiger partial charge in [-0.3, -0.25) is 4.79 Å². The van der Waals surface area contributed by atoms with Crippen LogP contribution < -0.4 is 21.7 Å². The highest BCUT2D eigenvalue weighted by Gasteiger charge is 2.43. The number of anilines is 2. The van der Waals surface area contributed by atoms with Gasteiger partial charge >= 0.3 is 24.1 Å². The Labute approximate surface area is 232 Å². The average molecular weight is 579 g/mol. The van der Waals surface area contributed by atoms with Gasteiger partial charge in [-0.25, -0.2) is 14.4 Å². The predicted molar refractivity (Wildman–Crippen MR) is 144 cm³/mol. The standard InChI is InChI=1S/C27H26ClF3N4O5/c1-15-7-6-10-19(28)22(15)35-26(39)34-21-14-17-9-3-2-8-16(17)13-18(21)23(36)33-20(11-4-5-12-32)24(37)40-25(38)27(29,30)31/h2-3,6-10,13-14,20H,4-5,11-12,32H2,1H3,(H,33,36)(H2,34,35,39)/t20-/m0/s1. The SMILES string of the molecule is Cc1cccc(Cl)c1NC(=O)Nc1cc2ccccc2cc1C(=O)N[C@@H](CCCCN)C(=O)OC(=O)C(F)(F)F. The van der Waals surface area contributed by atoms with Gasteiger partial charge in [-0.1, -0.05) is 48.0 Å². The van der Waals surface area contributed by atoms with Crippen molar-refractivity contribution in [1.82, 2.24) is 5.32 Å². The average Bonchev–Trinajstić information content (AvgIpc) is 2.89. The first-order valence-electron chi connectivity index (χ1n) is 12.1. The van der Waals surface area contributed by atoms with Gasteiger partial charge in [0.1, 0.15) is 6.04 Å². The summed E-state index contributed by atoms with van der Waals surface area (Å²) in [5.74, 6) is -5.17. The molecule has 0 saturated carbocycles. The lowest BCUT2D eigenvalue weighted by molar-refractivity contribution is -0.202. The first-order valence-corrected chi connectivity index (χ1v) is 12.5. The van der Waals surface area contributed by atoms with Crippen molar-refractivity contribution in [1.29, 1.82) is 0 Å². The molecule has 13 heteroatoms. The number of ether oxygens (including phenoxy) is 1. The quantitative estimate of drug-likeness (QED) is 0.154. The number of rotatable bonds is 9. The molecule has 0 fully saturated rings. The smallest absolute Gasteiger partial charge is 0.385 e. The summed E-state index contributed by atoms with van der Waals surface area (Å²) < 4.78 is 41.9. The number of hydrogen-bond acceptors (Lipinski definition) is 6. The lowest BCUT2D eigenvalue weighted by Gasteiger charge is -2.19. The normalized spacial score (nSPS) is 11.9. The van der Waals surface area contributed by atoms with Crippen LogP contribution in [0.25, 0.3) is 10.8 Å². The van der Waals surface area contributed by atoms with Crippen molar-refractivity contribution < 1.29 is 37.1 Å². The fourth-order valence-electron chi connectivity index (χ4n) is 3.79. The molecule has 0 radical (unpaired) electrons. The van der Waals surface area contributed by atoms with Crippen molar-refractivity contribution in [3.05, 3.63) is 70.7 Å². The fourth-order valence-corrected chi connectivity index (χ4v) is 4.06. The van der Waals surface area contributed by atoms with Crippen LogP contribution in [0.3, 0.4) is 0 Å². The number of aryl methyl sites for hydroxylation is 1. The monoisotopic (exact) mass is 578 g/mol. The van der Waals surface area contributed by atoms with Crippen LogP contribution in [-0.2, 0) is 14.3 Å². The van der Waals surface area contributed by atoms with Gasteiger partial charge in [-0.05, 0) is 67.3 Å². The minimum atomic E-state index is -5.40. The molecule has 0 aromatic heterocycles. The molecule has 40 heavy (non-hydrogen) atoms. The topological polar surface area (TPSA) is 140 Å². The zero-order valence-corrected chi connectivity index (χ0v) is 22.0. The van der Waals surface area contributed by atoms with Crippen LogP contribution in [0.5, 0.6) is 0 Å². The maximum atomic E-state index is 13.3. The van der Waals surface area contributed by atoms with Crippen molar-refractivity contribution in [2.24, 2.45) is 5.73 Å². The number of alkyl halides is 3. The molecule has 3 amide bonds. The summed E-state index contributed by atoms with van der Waals surface area (Å²) in [5, 5.41) is 9.11. The van der Waals surface area contributed by atoms with E-state index < -0.39 is 36.1 Å². The third-order valence-corrected chi connectivity index (χ3v) is 6.12. The molecular formula is C27H26ClF3N4O5. The van der Waals surface area contributed by atoms with E-state index in [-0.39, 0.29) is 30.6 Å². The zero-order chi connectivity index (χ0) is 29.4. The van der Waals surface area contributed by atoms with Crippen molar-refractivity contribution >= 4 is 57.6 Å². The molecule has 0 aliphatic rings. The van der Waals surface area contributed by atoms with E-state index in [1.54, 1.807) is 49.4 Å². The Morgan fingerprint density at radius 2 is 1.65 bits per heavy atom. The van der Waals surface area contributed by atoms with Gasteiger partial charge in [-0.15, -0.1) is 0 Å². The fraction of sp³-hybridized carbons (Fsp3) is 0.259. The minimum Gasteiger partial charge on any atom is -0.385 e. The van der Waals surface area contributed by atoms with Gasteiger partial charge in [0.15, 0.2) is 0 Å². The number of nitrogens with two attached hydrogens (primary N) is 1. The Morgan fingerprint density at radius 3 is 2.27 bits per heavy atom. The number of esters is 2. The van der Waals surface area contributed by atoms with E-state index in [4.69, 9.17) is 17.3 Å². The van der Waals surface area contributed by atoms with Crippen LogP contribution in [0.2, 0.25) is 5.02 Å². The van der Waals surface area contributed by atoms with Gasteiger partial charge < -0.3 is 26.4 Å². The van der Waals surface area contributed by atoms with Gasteiger partial charge in [0.25, 0.3) is 5.91 Å². The Morgan fingerprint density at radius 1 is 0.975 bits per heavy atom. The van der Waals surface area contributed by atoms with Crippen molar-refractivity contribution in [2.75, 3.05) is 17.2 Å². The van der Waals surface area contributed by atoms with Crippen molar-refractivity contribution in [2.45, 2.75) is 38.4 Å². The van der Waals surface area contributed by atoms with Crippen LogP contribution >= 0.6 is 11.6 Å². The third kappa shape index (κ3) is 7.93. The molecule has 3 aromatic carbocycles. The zero-order valence-electron chi connectivity index (χ0n) is 21.2. The van der Waals surface area contributed by atoms with Gasteiger partial charge in [0.2, 0.25) is 0 Å². The molecule has 0 spiro atoms. The number of carbonyl (C=O) groups is 4. The highest BCUT2D eigenvalue weighted by Crippen LogP contribution is 2.28. The number of para-hydroxylation sites is 1. The molecule has 3 rings (SSSR count). The summed E-state index contributed by atoms with van der Waals surface area (Å²) in [5.41, 5.74) is 6.44. The summed E-state index contributed by atoms with van der Waals surface area (Å²) in [6.45, 7) is 1.97. The van der Waals surface area contributed by atoms with Gasteiger partial charge in [0, 0.05) is 0 Å².